The minimum Gasteiger partial charge on any atom is -0.234 e. The standard InChI is InChI=1S/C9H11FO4S2/c1-15(11,12)9(16(13,14)7-10)8-5-3-2-4-6-8/h2-6,9H,7H2,1H3. The highest BCUT2D eigenvalue weighted by Gasteiger charge is 2.35. The average molecular weight is 266 g/mol. The number of rotatable bonds is 4. The molecule has 1 unspecified atom stereocenters. The first-order valence-electron chi connectivity index (χ1n) is 4.30. The number of sulfone groups is 2. The molecule has 0 bridgehead atoms. The molecule has 0 aliphatic rings. The van der Waals surface area contributed by atoms with Crippen molar-refractivity contribution in [1.82, 2.24) is 0 Å². The maximum Gasteiger partial charge on any atom is 0.200 e. The van der Waals surface area contributed by atoms with Crippen molar-refractivity contribution in [3.05, 3.63) is 35.9 Å². The molecule has 7 heteroatoms. The normalized spacial score (nSPS) is 14.6. The molecular formula is C9H11FO4S2. The van der Waals surface area contributed by atoms with E-state index in [9.17, 15) is 21.2 Å². The topological polar surface area (TPSA) is 68.3 Å². The lowest BCUT2D eigenvalue weighted by molar-refractivity contribution is 0.529. The predicted molar refractivity (Wildman–Crippen MR) is 58.9 cm³/mol. The Morgan fingerprint density at radius 2 is 1.62 bits per heavy atom. The number of benzene rings is 1. The maximum atomic E-state index is 12.4. The fourth-order valence-electron chi connectivity index (χ4n) is 1.39. The highest BCUT2D eigenvalue weighted by atomic mass is 32.3. The summed E-state index contributed by atoms with van der Waals surface area (Å²) in [4.78, 5) is 0. The van der Waals surface area contributed by atoms with Crippen molar-refractivity contribution >= 4 is 19.7 Å². The van der Waals surface area contributed by atoms with Crippen molar-refractivity contribution in [2.45, 2.75) is 4.58 Å². The highest BCUT2D eigenvalue weighted by Crippen LogP contribution is 2.28. The molecule has 0 amide bonds. The van der Waals surface area contributed by atoms with Crippen LogP contribution in [0.2, 0.25) is 0 Å². The SMILES string of the molecule is CS(=O)(=O)C(c1ccccc1)S(=O)(=O)CF. The second-order valence-corrected chi connectivity index (χ2v) is 7.79. The van der Waals surface area contributed by atoms with Gasteiger partial charge in [-0.15, -0.1) is 0 Å². The van der Waals surface area contributed by atoms with E-state index in [0.29, 0.717) is 0 Å². The lowest BCUT2D eigenvalue weighted by atomic mass is 10.2. The second kappa shape index (κ2) is 4.50. The van der Waals surface area contributed by atoms with Gasteiger partial charge in [0.1, 0.15) is 0 Å². The predicted octanol–water partition coefficient (Wildman–Crippen LogP) is 1.07. The summed E-state index contributed by atoms with van der Waals surface area (Å²) in [5.41, 5.74) is 0.0580. The summed E-state index contributed by atoms with van der Waals surface area (Å²) in [6.45, 7) is 0. The molecule has 4 nitrogen and oxygen atoms in total. The third-order valence-corrected chi connectivity index (χ3v) is 6.15. The van der Waals surface area contributed by atoms with Gasteiger partial charge in [-0.2, -0.15) is 0 Å². The molecular weight excluding hydrogens is 255 g/mol. The van der Waals surface area contributed by atoms with Gasteiger partial charge in [0, 0.05) is 6.26 Å². The smallest absolute Gasteiger partial charge is 0.200 e. The molecule has 0 heterocycles. The van der Waals surface area contributed by atoms with Crippen molar-refractivity contribution in [1.29, 1.82) is 0 Å². The zero-order valence-corrected chi connectivity index (χ0v) is 10.1. The Labute approximate surface area is 93.9 Å². The monoisotopic (exact) mass is 266 g/mol. The van der Waals surface area contributed by atoms with Crippen molar-refractivity contribution in [3.63, 3.8) is 0 Å². The van der Waals surface area contributed by atoms with Crippen LogP contribution in [0, 0.1) is 0 Å². The zero-order valence-electron chi connectivity index (χ0n) is 8.50. The number of halogens is 1. The third kappa shape index (κ3) is 2.79. The Balaban J connectivity index is 3.41. The van der Waals surface area contributed by atoms with E-state index in [2.05, 4.69) is 0 Å². The summed E-state index contributed by atoms with van der Waals surface area (Å²) in [5.74, 6) is 0. The Hall–Kier alpha value is -0.950. The molecule has 1 rings (SSSR count). The minimum atomic E-state index is -4.33. The first-order chi connectivity index (χ1) is 7.29. The summed E-state index contributed by atoms with van der Waals surface area (Å²) in [6, 6.07) is 5.62. The van der Waals surface area contributed by atoms with E-state index in [1.165, 1.54) is 24.3 Å². The molecule has 1 aromatic rings. The molecule has 0 aromatic heterocycles. The van der Waals surface area contributed by atoms with E-state index in [0.717, 1.165) is 6.26 Å². The molecule has 90 valence electrons. The molecule has 0 saturated heterocycles. The summed E-state index contributed by atoms with van der Waals surface area (Å²) >= 11 is 0. The fourth-order valence-corrected chi connectivity index (χ4v) is 5.01. The van der Waals surface area contributed by atoms with Crippen molar-refractivity contribution < 1.29 is 21.2 Å². The van der Waals surface area contributed by atoms with E-state index >= 15 is 0 Å². The fraction of sp³-hybridized carbons (Fsp3) is 0.333. The van der Waals surface area contributed by atoms with Gasteiger partial charge in [-0.25, -0.2) is 21.2 Å². The molecule has 0 radical (unpaired) electrons. The van der Waals surface area contributed by atoms with Gasteiger partial charge in [0.15, 0.2) is 20.4 Å². The summed E-state index contributed by atoms with van der Waals surface area (Å²) in [5, 5.41) is 0. The van der Waals surface area contributed by atoms with Gasteiger partial charge in [0.05, 0.1) is 0 Å². The van der Waals surface area contributed by atoms with Crippen LogP contribution in [0.4, 0.5) is 4.39 Å². The first kappa shape index (κ1) is 13.1. The van der Waals surface area contributed by atoms with E-state index in [-0.39, 0.29) is 5.56 Å². The van der Waals surface area contributed by atoms with Crippen LogP contribution in [-0.2, 0) is 19.7 Å². The minimum absolute atomic E-state index is 0.0580. The zero-order chi connectivity index (χ0) is 12.4. The molecule has 16 heavy (non-hydrogen) atoms. The van der Waals surface area contributed by atoms with Gasteiger partial charge >= 0.3 is 0 Å². The third-order valence-electron chi connectivity index (χ3n) is 1.94. The van der Waals surface area contributed by atoms with Crippen LogP contribution in [0.5, 0.6) is 0 Å². The van der Waals surface area contributed by atoms with Crippen LogP contribution in [0.25, 0.3) is 0 Å². The molecule has 0 aliphatic heterocycles. The first-order valence-corrected chi connectivity index (χ1v) is 7.97. The van der Waals surface area contributed by atoms with E-state index in [1.54, 1.807) is 6.07 Å². The molecule has 0 N–H and O–H groups in total. The van der Waals surface area contributed by atoms with Crippen LogP contribution in [0.1, 0.15) is 10.1 Å². The van der Waals surface area contributed by atoms with E-state index in [1.807, 2.05) is 0 Å². The number of hydrogen-bond acceptors (Lipinski definition) is 4. The lowest BCUT2D eigenvalue weighted by Gasteiger charge is -2.13. The van der Waals surface area contributed by atoms with E-state index < -0.39 is 30.3 Å². The van der Waals surface area contributed by atoms with Crippen molar-refractivity contribution in [2.24, 2.45) is 0 Å². The van der Waals surface area contributed by atoms with Gasteiger partial charge in [-0.3, -0.25) is 0 Å². The Morgan fingerprint density at radius 3 is 2.00 bits per heavy atom. The number of alkyl halides is 1. The summed E-state index contributed by atoms with van der Waals surface area (Å²) in [6.07, 6.45) is 0.776. The van der Waals surface area contributed by atoms with Crippen LogP contribution in [-0.4, -0.2) is 29.1 Å². The van der Waals surface area contributed by atoms with E-state index in [4.69, 9.17) is 0 Å². The Kier molecular flexibility index (Phi) is 3.69. The quantitative estimate of drug-likeness (QED) is 0.817. The lowest BCUT2D eigenvalue weighted by Crippen LogP contribution is -2.22. The molecule has 1 aromatic carbocycles. The van der Waals surface area contributed by atoms with Gasteiger partial charge in [0.2, 0.25) is 9.84 Å². The van der Waals surface area contributed by atoms with Crippen molar-refractivity contribution in [2.75, 3.05) is 12.3 Å². The van der Waals surface area contributed by atoms with Crippen LogP contribution < -0.4 is 0 Å². The Morgan fingerprint density at radius 1 is 1.12 bits per heavy atom. The van der Waals surface area contributed by atoms with Gasteiger partial charge < -0.3 is 0 Å². The molecule has 0 fully saturated rings. The Bertz CT molecular complexity index is 548. The summed E-state index contributed by atoms with van der Waals surface area (Å²) in [7, 11) is -8.24. The van der Waals surface area contributed by atoms with Gasteiger partial charge in [-0.05, 0) is 5.56 Å². The maximum absolute atomic E-state index is 12.4. The van der Waals surface area contributed by atoms with Crippen molar-refractivity contribution in [3.8, 4) is 0 Å². The van der Waals surface area contributed by atoms with Gasteiger partial charge in [-0.1, -0.05) is 30.3 Å². The van der Waals surface area contributed by atoms with Crippen LogP contribution in [0.15, 0.2) is 30.3 Å². The van der Waals surface area contributed by atoms with Crippen LogP contribution in [0.3, 0.4) is 0 Å². The second-order valence-electron chi connectivity index (χ2n) is 3.34. The van der Waals surface area contributed by atoms with Gasteiger partial charge in [0.25, 0.3) is 0 Å². The molecule has 0 spiro atoms. The molecule has 0 aliphatic carbocycles. The number of hydrogen-bond donors (Lipinski definition) is 0. The average Bonchev–Trinajstić information content (AvgIpc) is 2.17. The summed E-state index contributed by atoms with van der Waals surface area (Å²) < 4.78 is 56.1. The molecule has 0 saturated carbocycles. The highest BCUT2D eigenvalue weighted by molar-refractivity contribution is 8.08. The largest absolute Gasteiger partial charge is 0.234 e. The molecule has 1 atom stereocenters. The van der Waals surface area contributed by atoms with Crippen LogP contribution >= 0.6 is 0 Å².